The third-order valence-corrected chi connectivity index (χ3v) is 5.93. The third-order valence-electron chi connectivity index (χ3n) is 4.07. The van der Waals surface area contributed by atoms with E-state index in [9.17, 15) is 13.2 Å². The predicted octanol–water partition coefficient (Wildman–Crippen LogP) is 3.45. The van der Waals surface area contributed by atoms with Crippen molar-refractivity contribution in [2.75, 3.05) is 7.05 Å². The number of sulfonamides is 1. The minimum absolute atomic E-state index is 0.0733. The average molecular weight is 346 g/mol. The van der Waals surface area contributed by atoms with Gasteiger partial charge < -0.3 is 0 Å². The summed E-state index contributed by atoms with van der Waals surface area (Å²) < 4.78 is 27.3. The second-order valence-corrected chi connectivity index (χ2v) is 7.53. The first kappa shape index (κ1) is 18.3. The number of carbonyl (C=O) groups is 1. The van der Waals surface area contributed by atoms with Crippen molar-refractivity contribution in [3.05, 3.63) is 59.9 Å². The lowest BCUT2D eigenvalue weighted by Gasteiger charge is -2.27. The Bertz CT molecular complexity index is 804. The third kappa shape index (κ3) is 3.71. The van der Waals surface area contributed by atoms with E-state index in [-0.39, 0.29) is 16.7 Å². The first-order chi connectivity index (χ1) is 11.4. The number of nitrogens with zero attached hydrogens (tertiary/aromatic N) is 2. The van der Waals surface area contributed by atoms with Gasteiger partial charge in [-0.05, 0) is 36.2 Å². The topological polar surface area (TPSA) is 67.3 Å². The van der Waals surface area contributed by atoms with Crippen molar-refractivity contribution in [1.29, 1.82) is 0 Å². The normalized spacial score (nSPS) is 13.0. The van der Waals surface area contributed by atoms with Gasteiger partial charge in [0.25, 0.3) is 0 Å². The van der Waals surface area contributed by atoms with Gasteiger partial charge in [-0.25, -0.2) is 8.42 Å². The summed E-state index contributed by atoms with van der Waals surface area (Å²) in [6.45, 7) is 3.69. The fourth-order valence-electron chi connectivity index (χ4n) is 2.66. The minimum Gasteiger partial charge on any atom is -0.294 e. The smallest absolute Gasteiger partial charge is 0.243 e. The summed E-state index contributed by atoms with van der Waals surface area (Å²) in [5.41, 5.74) is 1.31. The molecule has 0 N–H and O–H groups in total. The van der Waals surface area contributed by atoms with Crippen LogP contribution >= 0.6 is 0 Å². The van der Waals surface area contributed by atoms with Crippen LogP contribution in [-0.4, -0.2) is 30.5 Å². The molecule has 0 aliphatic heterocycles. The second-order valence-electron chi connectivity index (χ2n) is 5.53. The van der Waals surface area contributed by atoms with Crippen molar-refractivity contribution in [2.24, 2.45) is 0 Å². The molecule has 0 aliphatic carbocycles. The molecule has 0 aliphatic rings. The summed E-state index contributed by atoms with van der Waals surface area (Å²) in [5, 5.41) is 0. The average Bonchev–Trinajstić information content (AvgIpc) is 2.62. The van der Waals surface area contributed by atoms with Gasteiger partial charge >= 0.3 is 0 Å². The number of ketones is 1. The van der Waals surface area contributed by atoms with Gasteiger partial charge in [-0.3, -0.25) is 9.78 Å². The molecule has 1 unspecified atom stereocenters. The Balaban J connectivity index is 2.40. The Morgan fingerprint density at radius 2 is 1.83 bits per heavy atom. The summed E-state index contributed by atoms with van der Waals surface area (Å²) >= 11 is 0. The maximum absolute atomic E-state index is 13.0. The minimum atomic E-state index is -3.70. The van der Waals surface area contributed by atoms with Gasteiger partial charge in [0.2, 0.25) is 10.0 Å². The number of benzene rings is 1. The number of carbonyl (C=O) groups excluding carboxylic acids is 1. The van der Waals surface area contributed by atoms with Crippen molar-refractivity contribution >= 4 is 15.8 Å². The van der Waals surface area contributed by atoms with Gasteiger partial charge in [0, 0.05) is 37.5 Å². The van der Waals surface area contributed by atoms with E-state index in [1.54, 1.807) is 38.5 Å². The zero-order valence-corrected chi connectivity index (χ0v) is 15.0. The predicted molar refractivity (Wildman–Crippen MR) is 93.3 cm³/mol. The molecule has 128 valence electrons. The van der Waals surface area contributed by atoms with Gasteiger partial charge in [0.15, 0.2) is 5.78 Å². The van der Waals surface area contributed by atoms with E-state index in [2.05, 4.69) is 4.98 Å². The molecule has 0 fully saturated rings. The van der Waals surface area contributed by atoms with E-state index in [1.807, 2.05) is 19.1 Å². The molecule has 0 spiro atoms. The van der Waals surface area contributed by atoms with Crippen molar-refractivity contribution < 1.29 is 13.2 Å². The summed E-state index contributed by atoms with van der Waals surface area (Å²) in [5.74, 6) is -0.0733. The quantitative estimate of drug-likeness (QED) is 0.720. The molecule has 6 heteroatoms. The Labute approximate surface area is 143 Å². The number of hydrogen-bond acceptors (Lipinski definition) is 4. The summed E-state index contributed by atoms with van der Waals surface area (Å²) in [6.07, 6.45) is 4.28. The number of aromatic nitrogens is 1. The van der Waals surface area contributed by atoms with Crippen LogP contribution in [0, 0.1) is 0 Å². The number of Topliss-reactive ketones (excluding diaryl/α,β-unsaturated/α-hetero) is 1. The zero-order valence-electron chi connectivity index (χ0n) is 14.1. The lowest BCUT2D eigenvalue weighted by Crippen LogP contribution is -2.31. The molecule has 0 radical (unpaired) electrons. The van der Waals surface area contributed by atoms with Crippen LogP contribution in [0.3, 0.4) is 0 Å². The van der Waals surface area contributed by atoms with Gasteiger partial charge in [-0.2, -0.15) is 4.31 Å². The summed E-state index contributed by atoms with van der Waals surface area (Å²) in [4.78, 5) is 16.0. The highest BCUT2D eigenvalue weighted by atomic mass is 32.2. The highest BCUT2D eigenvalue weighted by molar-refractivity contribution is 7.89. The molecule has 1 aromatic carbocycles. The van der Waals surface area contributed by atoms with E-state index >= 15 is 0 Å². The van der Waals surface area contributed by atoms with E-state index in [0.717, 1.165) is 5.56 Å². The first-order valence-electron chi connectivity index (χ1n) is 7.93. The first-order valence-corrected chi connectivity index (χ1v) is 9.37. The van der Waals surface area contributed by atoms with Gasteiger partial charge in [-0.15, -0.1) is 0 Å². The Morgan fingerprint density at radius 3 is 2.42 bits per heavy atom. The van der Waals surface area contributed by atoms with E-state index in [1.165, 1.54) is 16.4 Å². The molecule has 0 bridgehead atoms. The highest BCUT2D eigenvalue weighted by Crippen LogP contribution is 2.28. The molecule has 0 saturated heterocycles. The van der Waals surface area contributed by atoms with E-state index in [4.69, 9.17) is 0 Å². The zero-order chi connectivity index (χ0) is 17.7. The van der Waals surface area contributed by atoms with Gasteiger partial charge in [0.1, 0.15) is 0 Å². The van der Waals surface area contributed by atoms with Crippen molar-refractivity contribution in [3.63, 3.8) is 0 Å². The van der Waals surface area contributed by atoms with Crippen LogP contribution in [-0.2, 0) is 10.0 Å². The largest absolute Gasteiger partial charge is 0.294 e. The summed E-state index contributed by atoms with van der Waals surface area (Å²) in [6, 6.07) is 9.58. The standard InChI is InChI=1S/C18H22N2O3S/c1-4-17(14-9-11-19-12-10-14)20(3)24(22,23)16-8-6-7-15(13-16)18(21)5-2/h6-13,17H,4-5H2,1-3H3. The van der Waals surface area contributed by atoms with E-state index < -0.39 is 10.0 Å². The van der Waals surface area contributed by atoms with Gasteiger partial charge in [0.05, 0.1) is 4.90 Å². The molecule has 2 aromatic rings. The Kier molecular flexibility index (Phi) is 5.85. The maximum atomic E-state index is 13.0. The van der Waals surface area contributed by atoms with Crippen molar-refractivity contribution in [3.8, 4) is 0 Å². The molecular formula is C18H22N2O3S. The molecule has 0 amide bonds. The molecule has 1 heterocycles. The Morgan fingerprint density at radius 1 is 1.17 bits per heavy atom. The molecule has 1 atom stereocenters. The van der Waals surface area contributed by atoms with Crippen LogP contribution in [0.15, 0.2) is 53.7 Å². The lowest BCUT2D eigenvalue weighted by atomic mass is 10.1. The van der Waals surface area contributed by atoms with Crippen LogP contribution < -0.4 is 0 Å². The molecule has 24 heavy (non-hydrogen) atoms. The Hall–Kier alpha value is -2.05. The molecule has 2 rings (SSSR count). The van der Waals surface area contributed by atoms with Crippen LogP contribution in [0.4, 0.5) is 0 Å². The number of pyridine rings is 1. The second kappa shape index (κ2) is 7.68. The van der Waals surface area contributed by atoms with Gasteiger partial charge in [-0.1, -0.05) is 26.0 Å². The maximum Gasteiger partial charge on any atom is 0.243 e. The molecule has 1 aromatic heterocycles. The van der Waals surface area contributed by atoms with Crippen LogP contribution in [0.1, 0.15) is 48.7 Å². The number of rotatable bonds is 7. The highest BCUT2D eigenvalue weighted by Gasteiger charge is 2.28. The molecule has 5 nitrogen and oxygen atoms in total. The summed E-state index contributed by atoms with van der Waals surface area (Å²) in [7, 11) is -2.13. The number of hydrogen-bond donors (Lipinski definition) is 0. The van der Waals surface area contributed by atoms with Crippen molar-refractivity contribution in [1.82, 2.24) is 9.29 Å². The SMILES string of the molecule is CCC(=O)c1cccc(S(=O)(=O)N(C)C(CC)c2ccncc2)c1. The van der Waals surface area contributed by atoms with Crippen LogP contribution in [0.2, 0.25) is 0 Å². The molecular weight excluding hydrogens is 324 g/mol. The van der Waals surface area contributed by atoms with Crippen molar-refractivity contribution in [2.45, 2.75) is 37.6 Å². The lowest BCUT2D eigenvalue weighted by molar-refractivity contribution is 0.0988. The van der Waals surface area contributed by atoms with Crippen LogP contribution in [0.5, 0.6) is 0 Å². The fourth-order valence-corrected chi connectivity index (χ4v) is 4.12. The fraction of sp³-hybridized carbons (Fsp3) is 0.333. The molecule has 0 saturated carbocycles. The van der Waals surface area contributed by atoms with E-state index in [0.29, 0.717) is 18.4 Å². The monoisotopic (exact) mass is 346 g/mol. The van der Waals surface area contributed by atoms with Crippen LogP contribution in [0.25, 0.3) is 0 Å².